The lowest BCUT2D eigenvalue weighted by molar-refractivity contribution is -0.136. The third kappa shape index (κ3) is 6.85. The zero-order valence-electron chi connectivity index (χ0n) is 16.3. The molecular formula is C22H26ClN3O3. The summed E-state index contributed by atoms with van der Waals surface area (Å²) in [5, 5.41) is 5.70. The quantitative estimate of drug-likeness (QED) is 0.538. The summed E-state index contributed by atoms with van der Waals surface area (Å²) >= 11 is 5.87. The number of amides is 2. The van der Waals surface area contributed by atoms with Gasteiger partial charge in [-0.25, -0.2) is 0 Å². The number of nitrogens with one attached hydrogen (secondary N) is 2. The molecular weight excluding hydrogens is 390 g/mol. The second-order valence-corrected chi connectivity index (χ2v) is 7.43. The Bertz CT molecular complexity index is 816. The predicted molar refractivity (Wildman–Crippen MR) is 114 cm³/mol. The molecule has 29 heavy (non-hydrogen) atoms. The van der Waals surface area contributed by atoms with Crippen LogP contribution in [0.3, 0.4) is 0 Å². The van der Waals surface area contributed by atoms with E-state index in [9.17, 15) is 9.59 Å². The van der Waals surface area contributed by atoms with Gasteiger partial charge in [0.15, 0.2) is 0 Å². The smallest absolute Gasteiger partial charge is 0.313 e. The first kappa shape index (κ1) is 21.3. The molecule has 0 saturated carbocycles. The van der Waals surface area contributed by atoms with Crippen LogP contribution >= 0.6 is 11.6 Å². The van der Waals surface area contributed by atoms with Crippen LogP contribution in [0.1, 0.15) is 24.5 Å². The largest absolute Gasteiger partial charge is 0.371 e. The van der Waals surface area contributed by atoms with E-state index in [1.807, 2.05) is 18.2 Å². The highest BCUT2D eigenvalue weighted by Crippen LogP contribution is 2.22. The molecule has 1 heterocycles. The van der Waals surface area contributed by atoms with Crippen molar-refractivity contribution >= 4 is 29.1 Å². The van der Waals surface area contributed by atoms with Gasteiger partial charge in [-0.3, -0.25) is 14.5 Å². The molecule has 1 saturated heterocycles. The Labute approximate surface area is 176 Å². The molecule has 0 radical (unpaired) electrons. The molecule has 0 aliphatic carbocycles. The Morgan fingerprint density at radius 3 is 2.69 bits per heavy atom. The molecule has 1 fully saturated rings. The van der Waals surface area contributed by atoms with Gasteiger partial charge in [0.1, 0.15) is 0 Å². The van der Waals surface area contributed by atoms with Gasteiger partial charge >= 0.3 is 11.8 Å². The molecule has 0 bridgehead atoms. The molecule has 0 spiro atoms. The highest BCUT2D eigenvalue weighted by molar-refractivity contribution is 6.39. The van der Waals surface area contributed by atoms with E-state index < -0.39 is 11.8 Å². The van der Waals surface area contributed by atoms with E-state index in [2.05, 4.69) is 27.7 Å². The van der Waals surface area contributed by atoms with E-state index in [0.29, 0.717) is 17.3 Å². The van der Waals surface area contributed by atoms with Crippen molar-refractivity contribution in [3.8, 4) is 0 Å². The number of rotatable bonds is 7. The summed E-state index contributed by atoms with van der Waals surface area (Å²) in [6.45, 7) is 3.92. The van der Waals surface area contributed by atoms with E-state index >= 15 is 0 Å². The van der Waals surface area contributed by atoms with Gasteiger partial charge in [-0.2, -0.15) is 0 Å². The summed E-state index contributed by atoms with van der Waals surface area (Å²) in [6.07, 6.45) is 1.86. The fourth-order valence-electron chi connectivity index (χ4n) is 3.27. The summed E-state index contributed by atoms with van der Waals surface area (Å²) in [7, 11) is 0. The lowest BCUT2D eigenvalue weighted by atomic mass is 10.1. The third-order valence-corrected chi connectivity index (χ3v) is 5.03. The van der Waals surface area contributed by atoms with Crippen molar-refractivity contribution in [1.29, 1.82) is 0 Å². The zero-order chi connectivity index (χ0) is 20.5. The average molecular weight is 416 g/mol. The van der Waals surface area contributed by atoms with Gasteiger partial charge in [-0.15, -0.1) is 0 Å². The molecule has 154 valence electrons. The van der Waals surface area contributed by atoms with Crippen molar-refractivity contribution in [1.82, 2.24) is 10.2 Å². The Morgan fingerprint density at radius 2 is 1.90 bits per heavy atom. The standard InChI is InChI=1S/C22H26ClN3O3/c23-18-9-6-10-19(15-18)25-22(28)21(27)24-11-4-5-12-26-13-14-29-20(16-26)17-7-2-1-3-8-17/h1-3,6-10,15,20H,4-5,11-14,16H2,(H,24,27)(H,25,28). The average Bonchev–Trinajstić information content (AvgIpc) is 2.74. The minimum absolute atomic E-state index is 0.111. The van der Waals surface area contributed by atoms with Gasteiger partial charge < -0.3 is 15.4 Å². The first-order chi connectivity index (χ1) is 14.1. The zero-order valence-corrected chi connectivity index (χ0v) is 17.0. The molecule has 1 unspecified atom stereocenters. The number of morpholine rings is 1. The first-order valence-corrected chi connectivity index (χ1v) is 10.2. The minimum Gasteiger partial charge on any atom is -0.371 e. The van der Waals surface area contributed by atoms with Gasteiger partial charge in [0.05, 0.1) is 12.7 Å². The second kappa shape index (κ2) is 11.0. The summed E-state index contributed by atoms with van der Waals surface area (Å²) in [5.74, 6) is -1.33. The highest BCUT2D eigenvalue weighted by atomic mass is 35.5. The van der Waals surface area contributed by atoms with Crippen LogP contribution in [0.5, 0.6) is 0 Å². The van der Waals surface area contributed by atoms with E-state index in [0.717, 1.165) is 39.1 Å². The molecule has 1 atom stereocenters. The van der Waals surface area contributed by atoms with Crippen molar-refractivity contribution in [2.75, 3.05) is 38.1 Å². The number of unbranched alkanes of at least 4 members (excludes halogenated alkanes) is 1. The number of anilines is 1. The SMILES string of the molecule is O=C(NCCCCN1CCOC(c2ccccc2)C1)C(=O)Nc1cccc(Cl)c1. The van der Waals surface area contributed by atoms with Gasteiger partial charge in [0.2, 0.25) is 0 Å². The van der Waals surface area contributed by atoms with E-state index in [1.54, 1.807) is 24.3 Å². The van der Waals surface area contributed by atoms with Crippen LogP contribution in [-0.2, 0) is 14.3 Å². The predicted octanol–water partition coefficient (Wildman–Crippen LogP) is 3.25. The Hall–Kier alpha value is -2.41. The monoisotopic (exact) mass is 415 g/mol. The van der Waals surface area contributed by atoms with E-state index in [1.165, 1.54) is 5.56 Å². The molecule has 2 aromatic carbocycles. The number of ether oxygens (including phenoxy) is 1. The third-order valence-electron chi connectivity index (χ3n) is 4.80. The van der Waals surface area contributed by atoms with Gasteiger partial charge in [-0.05, 0) is 43.1 Å². The maximum atomic E-state index is 11.9. The van der Waals surface area contributed by atoms with Crippen LogP contribution < -0.4 is 10.6 Å². The van der Waals surface area contributed by atoms with Gasteiger partial charge in [-0.1, -0.05) is 48.0 Å². The van der Waals surface area contributed by atoms with Crippen molar-refractivity contribution in [3.63, 3.8) is 0 Å². The number of halogens is 1. The van der Waals surface area contributed by atoms with Gasteiger partial charge in [0, 0.05) is 30.3 Å². The van der Waals surface area contributed by atoms with Crippen LogP contribution in [0.25, 0.3) is 0 Å². The topological polar surface area (TPSA) is 70.7 Å². The van der Waals surface area contributed by atoms with Gasteiger partial charge in [0.25, 0.3) is 0 Å². The van der Waals surface area contributed by atoms with Crippen LogP contribution in [0.4, 0.5) is 5.69 Å². The van der Waals surface area contributed by atoms with Crippen LogP contribution in [0, 0.1) is 0 Å². The Kier molecular flexibility index (Phi) is 8.04. The molecule has 6 nitrogen and oxygen atoms in total. The maximum Gasteiger partial charge on any atom is 0.313 e. The molecule has 1 aliphatic heterocycles. The molecule has 3 rings (SSSR count). The molecule has 7 heteroatoms. The lowest BCUT2D eigenvalue weighted by Gasteiger charge is -2.33. The summed E-state index contributed by atoms with van der Waals surface area (Å²) in [5.41, 5.74) is 1.70. The number of carbonyl (C=O) groups is 2. The lowest BCUT2D eigenvalue weighted by Crippen LogP contribution is -2.39. The van der Waals surface area contributed by atoms with Crippen molar-refractivity contribution < 1.29 is 14.3 Å². The Balaban J connectivity index is 1.32. The second-order valence-electron chi connectivity index (χ2n) is 7.00. The minimum atomic E-state index is -0.689. The van der Waals surface area contributed by atoms with Crippen molar-refractivity contribution in [2.45, 2.75) is 18.9 Å². The number of hydrogen-bond donors (Lipinski definition) is 2. The first-order valence-electron chi connectivity index (χ1n) is 9.85. The summed E-state index contributed by atoms with van der Waals surface area (Å²) < 4.78 is 5.88. The molecule has 2 amide bonds. The van der Waals surface area contributed by atoms with E-state index in [4.69, 9.17) is 16.3 Å². The number of carbonyl (C=O) groups excluding carboxylic acids is 2. The van der Waals surface area contributed by atoms with Crippen molar-refractivity contribution in [2.24, 2.45) is 0 Å². The van der Waals surface area contributed by atoms with Crippen LogP contribution in [0.2, 0.25) is 5.02 Å². The van der Waals surface area contributed by atoms with Crippen molar-refractivity contribution in [3.05, 3.63) is 65.2 Å². The fourth-order valence-corrected chi connectivity index (χ4v) is 3.46. The maximum absolute atomic E-state index is 11.9. The Morgan fingerprint density at radius 1 is 1.07 bits per heavy atom. The normalized spacial score (nSPS) is 16.9. The summed E-state index contributed by atoms with van der Waals surface area (Å²) in [6, 6.07) is 17.0. The van der Waals surface area contributed by atoms with Crippen LogP contribution in [0.15, 0.2) is 54.6 Å². The number of benzene rings is 2. The fraction of sp³-hybridized carbons (Fsp3) is 0.364. The molecule has 0 aromatic heterocycles. The number of nitrogens with zero attached hydrogens (tertiary/aromatic N) is 1. The van der Waals surface area contributed by atoms with E-state index in [-0.39, 0.29) is 6.10 Å². The molecule has 2 N–H and O–H groups in total. The number of hydrogen-bond acceptors (Lipinski definition) is 4. The molecule has 1 aliphatic rings. The molecule has 2 aromatic rings. The highest BCUT2D eigenvalue weighted by Gasteiger charge is 2.21. The summed E-state index contributed by atoms with van der Waals surface area (Å²) in [4.78, 5) is 26.2. The van der Waals surface area contributed by atoms with Crippen LogP contribution in [-0.4, -0.2) is 49.5 Å².